The molecule has 1 aliphatic heterocycles. The lowest BCUT2D eigenvalue weighted by atomic mass is 10.2. The van der Waals surface area contributed by atoms with Gasteiger partial charge in [-0.05, 0) is 30.7 Å². The monoisotopic (exact) mass is 346 g/mol. The minimum atomic E-state index is -2.95. The van der Waals surface area contributed by atoms with Gasteiger partial charge >= 0.3 is 0 Å². The Labute approximate surface area is 140 Å². The molecular weight excluding hydrogens is 328 g/mol. The molecule has 1 aromatic heterocycles. The molecule has 24 heavy (non-hydrogen) atoms. The summed E-state index contributed by atoms with van der Waals surface area (Å²) < 4.78 is 22.9. The zero-order chi connectivity index (χ0) is 17.2. The predicted molar refractivity (Wildman–Crippen MR) is 91.9 cm³/mol. The highest BCUT2D eigenvalue weighted by atomic mass is 32.2. The Bertz CT molecular complexity index is 822. The molecule has 7 nitrogen and oxygen atoms in total. The summed E-state index contributed by atoms with van der Waals surface area (Å²) in [5.74, 6) is 0.502. The Morgan fingerprint density at radius 3 is 2.50 bits per heavy atom. The molecule has 2 heterocycles. The Balaban J connectivity index is 1.67. The Hall–Kier alpha value is -2.48. The van der Waals surface area contributed by atoms with Crippen molar-refractivity contribution in [2.75, 3.05) is 28.8 Å². The average Bonchev–Trinajstić information content (AvgIpc) is 2.93. The number of hydrogen-bond donors (Lipinski definition) is 1. The van der Waals surface area contributed by atoms with Gasteiger partial charge in [-0.1, -0.05) is 18.2 Å². The maximum atomic E-state index is 12.4. The molecular formula is C16H18N4O3S. The molecule has 0 spiro atoms. The van der Waals surface area contributed by atoms with Crippen LogP contribution in [0.4, 0.5) is 11.5 Å². The molecule has 0 aliphatic carbocycles. The molecule has 0 bridgehead atoms. The van der Waals surface area contributed by atoms with E-state index in [2.05, 4.69) is 15.5 Å². The Morgan fingerprint density at radius 1 is 1.17 bits per heavy atom. The maximum Gasteiger partial charge on any atom is 0.278 e. The molecule has 8 heteroatoms. The van der Waals surface area contributed by atoms with Crippen LogP contribution in [0.3, 0.4) is 0 Å². The van der Waals surface area contributed by atoms with Gasteiger partial charge in [0.05, 0.1) is 11.5 Å². The molecule has 1 atom stereocenters. The summed E-state index contributed by atoms with van der Waals surface area (Å²) in [6.45, 7) is 0. The average molecular weight is 346 g/mol. The van der Waals surface area contributed by atoms with Crippen molar-refractivity contribution < 1.29 is 13.2 Å². The van der Waals surface area contributed by atoms with E-state index >= 15 is 0 Å². The van der Waals surface area contributed by atoms with Crippen molar-refractivity contribution in [2.24, 2.45) is 0 Å². The van der Waals surface area contributed by atoms with E-state index in [4.69, 9.17) is 0 Å². The molecule has 1 N–H and O–H groups in total. The quantitative estimate of drug-likeness (QED) is 0.898. The van der Waals surface area contributed by atoms with Crippen molar-refractivity contribution in [3.8, 4) is 0 Å². The Kier molecular flexibility index (Phi) is 4.48. The van der Waals surface area contributed by atoms with Gasteiger partial charge in [-0.3, -0.25) is 4.79 Å². The van der Waals surface area contributed by atoms with Crippen LogP contribution in [0, 0.1) is 0 Å². The predicted octanol–water partition coefficient (Wildman–Crippen LogP) is 1.35. The summed E-state index contributed by atoms with van der Waals surface area (Å²) in [4.78, 5) is 13.9. The maximum absolute atomic E-state index is 12.4. The summed E-state index contributed by atoms with van der Waals surface area (Å²) in [6, 6.07) is 12.3. The van der Waals surface area contributed by atoms with Gasteiger partial charge in [0.1, 0.15) is 5.82 Å². The fourth-order valence-electron chi connectivity index (χ4n) is 2.58. The van der Waals surface area contributed by atoms with Gasteiger partial charge in [0.2, 0.25) is 0 Å². The fourth-order valence-corrected chi connectivity index (χ4v) is 4.26. The van der Waals surface area contributed by atoms with Crippen molar-refractivity contribution in [1.82, 2.24) is 10.2 Å². The summed E-state index contributed by atoms with van der Waals surface area (Å²) in [6.07, 6.45) is 0.557. The molecule has 1 aliphatic rings. The van der Waals surface area contributed by atoms with Crippen LogP contribution < -0.4 is 10.2 Å². The van der Waals surface area contributed by atoms with Crippen LogP contribution in [0.1, 0.15) is 16.9 Å². The van der Waals surface area contributed by atoms with Crippen molar-refractivity contribution in [3.05, 3.63) is 48.2 Å². The minimum absolute atomic E-state index is 0.103. The Morgan fingerprint density at radius 2 is 1.92 bits per heavy atom. The van der Waals surface area contributed by atoms with Crippen molar-refractivity contribution in [1.29, 1.82) is 0 Å². The van der Waals surface area contributed by atoms with Crippen molar-refractivity contribution in [2.45, 2.75) is 12.5 Å². The second-order valence-corrected chi connectivity index (χ2v) is 7.98. The first-order valence-corrected chi connectivity index (χ1v) is 9.40. The van der Waals surface area contributed by atoms with Crippen LogP contribution >= 0.6 is 0 Å². The number of sulfone groups is 1. The van der Waals surface area contributed by atoms with Gasteiger partial charge in [-0.2, -0.15) is 0 Å². The lowest BCUT2D eigenvalue weighted by Gasteiger charge is -2.16. The minimum Gasteiger partial charge on any atom is -0.365 e. The van der Waals surface area contributed by atoms with Crippen LogP contribution in [0.25, 0.3) is 0 Å². The lowest BCUT2D eigenvalue weighted by Crippen LogP contribution is -2.27. The SMILES string of the molecule is CN(C(=O)c1ccc(NC2CCS(=O)(=O)C2)nn1)c1ccccc1. The second-order valence-electron chi connectivity index (χ2n) is 5.75. The number of amides is 1. The number of hydrogen-bond acceptors (Lipinski definition) is 6. The third-order valence-electron chi connectivity index (χ3n) is 3.92. The normalized spacial score (nSPS) is 19.0. The number of rotatable bonds is 4. The molecule has 0 saturated carbocycles. The summed E-state index contributed by atoms with van der Waals surface area (Å²) >= 11 is 0. The first-order chi connectivity index (χ1) is 11.4. The summed E-state index contributed by atoms with van der Waals surface area (Å²) in [5.41, 5.74) is 0.994. The van der Waals surface area contributed by atoms with E-state index < -0.39 is 9.84 Å². The third kappa shape index (κ3) is 3.70. The van der Waals surface area contributed by atoms with E-state index in [1.54, 1.807) is 19.2 Å². The summed E-state index contributed by atoms with van der Waals surface area (Å²) in [5, 5.41) is 11.0. The molecule has 0 radical (unpaired) electrons. The number of aromatic nitrogens is 2. The number of anilines is 2. The highest BCUT2D eigenvalue weighted by Crippen LogP contribution is 2.17. The summed E-state index contributed by atoms with van der Waals surface area (Å²) in [7, 11) is -1.28. The molecule has 1 aromatic carbocycles. The van der Waals surface area contributed by atoms with Crippen molar-refractivity contribution >= 4 is 27.2 Å². The third-order valence-corrected chi connectivity index (χ3v) is 5.68. The highest BCUT2D eigenvalue weighted by molar-refractivity contribution is 7.91. The van der Waals surface area contributed by atoms with Gasteiger partial charge in [-0.25, -0.2) is 8.42 Å². The van der Waals surface area contributed by atoms with E-state index in [0.29, 0.717) is 12.2 Å². The molecule has 1 saturated heterocycles. The number of nitrogens with one attached hydrogen (secondary N) is 1. The molecule has 1 fully saturated rings. The molecule has 126 valence electrons. The van der Waals surface area contributed by atoms with E-state index in [1.165, 1.54) is 4.90 Å². The fraction of sp³-hybridized carbons (Fsp3) is 0.312. The number of carbonyl (C=O) groups excluding carboxylic acids is 1. The largest absolute Gasteiger partial charge is 0.365 e. The molecule has 2 aromatic rings. The van der Waals surface area contributed by atoms with Gasteiger partial charge in [0, 0.05) is 18.8 Å². The van der Waals surface area contributed by atoms with Crippen LogP contribution in [-0.4, -0.2) is 49.1 Å². The van der Waals surface area contributed by atoms with E-state index in [0.717, 1.165) is 5.69 Å². The number of carbonyl (C=O) groups is 1. The van der Waals surface area contributed by atoms with Crippen LogP contribution in [-0.2, 0) is 9.84 Å². The second kappa shape index (κ2) is 6.56. The highest BCUT2D eigenvalue weighted by Gasteiger charge is 2.28. The van der Waals surface area contributed by atoms with E-state index in [9.17, 15) is 13.2 Å². The van der Waals surface area contributed by atoms with Gasteiger partial charge in [0.15, 0.2) is 15.5 Å². The van der Waals surface area contributed by atoms with Gasteiger partial charge in [0.25, 0.3) is 5.91 Å². The van der Waals surface area contributed by atoms with E-state index in [-0.39, 0.29) is 29.1 Å². The first-order valence-electron chi connectivity index (χ1n) is 7.58. The number of benzene rings is 1. The zero-order valence-corrected chi connectivity index (χ0v) is 14.0. The molecule has 1 amide bonds. The number of para-hydroxylation sites is 1. The topological polar surface area (TPSA) is 92.3 Å². The van der Waals surface area contributed by atoms with Gasteiger partial charge in [-0.15, -0.1) is 10.2 Å². The first kappa shape index (κ1) is 16.4. The van der Waals surface area contributed by atoms with Crippen LogP contribution in [0.2, 0.25) is 0 Å². The zero-order valence-electron chi connectivity index (χ0n) is 13.2. The van der Waals surface area contributed by atoms with Crippen LogP contribution in [0.15, 0.2) is 42.5 Å². The van der Waals surface area contributed by atoms with Gasteiger partial charge < -0.3 is 10.2 Å². The van der Waals surface area contributed by atoms with Crippen LogP contribution in [0.5, 0.6) is 0 Å². The lowest BCUT2D eigenvalue weighted by molar-refractivity contribution is 0.0987. The smallest absolute Gasteiger partial charge is 0.278 e. The number of nitrogens with zero attached hydrogens (tertiary/aromatic N) is 3. The molecule has 1 unspecified atom stereocenters. The van der Waals surface area contributed by atoms with Crippen molar-refractivity contribution in [3.63, 3.8) is 0 Å². The molecule has 3 rings (SSSR count). The van der Waals surface area contributed by atoms with E-state index in [1.807, 2.05) is 30.3 Å². The standard InChI is InChI=1S/C16H18N4O3S/c1-20(13-5-3-2-4-6-13)16(21)14-7-8-15(19-18-14)17-12-9-10-24(22,23)11-12/h2-8,12H,9-11H2,1H3,(H,17,19).